The largest absolute Gasteiger partial charge is 0.347 e. The second kappa shape index (κ2) is 6.10. The van der Waals surface area contributed by atoms with Gasteiger partial charge in [-0.2, -0.15) is 0 Å². The SMILES string of the molecule is CCC(NCc1cccc([N+](=O)[O-])c1)c1ncc[nH]1. The Morgan fingerprint density at radius 2 is 2.37 bits per heavy atom. The molecular formula is C13H16N4O2. The summed E-state index contributed by atoms with van der Waals surface area (Å²) in [6, 6.07) is 6.77. The maximum absolute atomic E-state index is 10.7. The molecule has 19 heavy (non-hydrogen) atoms. The maximum Gasteiger partial charge on any atom is 0.269 e. The molecule has 0 spiro atoms. The molecule has 1 aromatic heterocycles. The summed E-state index contributed by atoms with van der Waals surface area (Å²) in [5.41, 5.74) is 1.00. The molecule has 0 bridgehead atoms. The minimum Gasteiger partial charge on any atom is -0.347 e. The molecule has 2 rings (SSSR count). The molecule has 0 aliphatic carbocycles. The number of imidazole rings is 1. The number of hydrogen-bond donors (Lipinski definition) is 2. The first-order valence-electron chi connectivity index (χ1n) is 6.16. The third kappa shape index (κ3) is 3.38. The molecular weight excluding hydrogens is 244 g/mol. The Labute approximate surface area is 111 Å². The monoisotopic (exact) mass is 260 g/mol. The summed E-state index contributed by atoms with van der Waals surface area (Å²) in [5, 5.41) is 14.0. The van der Waals surface area contributed by atoms with Crippen LogP contribution in [-0.4, -0.2) is 14.9 Å². The number of rotatable bonds is 6. The zero-order valence-corrected chi connectivity index (χ0v) is 10.7. The molecule has 2 N–H and O–H groups in total. The van der Waals surface area contributed by atoms with E-state index in [2.05, 4.69) is 22.2 Å². The van der Waals surface area contributed by atoms with Crippen molar-refractivity contribution in [1.29, 1.82) is 0 Å². The summed E-state index contributed by atoms with van der Waals surface area (Å²) in [5.74, 6) is 0.882. The predicted molar refractivity (Wildman–Crippen MR) is 71.6 cm³/mol. The molecule has 0 aliphatic heterocycles. The summed E-state index contributed by atoms with van der Waals surface area (Å²) in [6.45, 7) is 2.63. The van der Waals surface area contributed by atoms with Gasteiger partial charge in [-0.1, -0.05) is 19.1 Å². The molecule has 0 amide bonds. The van der Waals surface area contributed by atoms with E-state index in [1.807, 2.05) is 6.07 Å². The summed E-state index contributed by atoms with van der Waals surface area (Å²) < 4.78 is 0. The molecule has 6 nitrogen and oxygen atoms in total. The van der Waals surface area contributed by atoms with E-state index in [9.17, 15) is 10.1 Å². The highest BCUT2D eigenvalue weighted by Crippen LogP contribution is 2.16. The van der Waals surface area contributed by atoms with Crippen LogP contribution in [0.2, 0.25) is 0 Å². The number of hydrogen-bond acceptors (Lipinski definition) is 4. The fraction of sp³-hybridized carbons (Fsp3) is 0.308. The van der Waals surface area contributed by atoms with Crippen molar-refractivity contribution in [1.82, 2.24) is 15.3 Å². The number of aromatic nitrogens is 2. The quantitative estimate of drug-likeness (QED) is 0.617. The first-order valence-corrected chi connectivity index (χ1v) is 6.16. The molecule has 0 saturated carbocycles. The van der Waals surface area contributed by atoms with Crippen LogP contribution >= 0.6 is 0 Å². The summed E-state index contributed by atoms with van der Waals surface area (Å²) in [6.07, 6.45) is 4.39. The Balaban J connectivity index is 2.01. The number of nitrogens with zero attached hydrogens (tertiary/aromatic N) is 2. The topological polar surface area (TPSA) is 83.8 Å². The maximum atomic E-state index is 10.7. The van der Waals surface area contributed by atoms with Gasteiger partial charge in [-0.15, -0.1) is 0 Å². The molecule has 0 aliphatic rings. The van der Waals surface area contributed by atoms with E-state index in [-0.39, 0.29) is 16.7 Å². The number of H-pyrrole nitrogens is 1. The Morgan fingerprint density at radius 1 is 1.53 bits per heavy atom. The van der Waals surface area contributed by atoms with Crippen LogP contribution < -0.4 is 5.32 Å². The van der Waals surface area contributed by atoms with Crippen LogP contribution in [-0.2, 0) is 6.54 Å². The smallest absolute Gasteiger partial charge is 0.269 e. The molecule has 1 aromatic carbocycles. The molecule has 2 aromatic rings. The summed E-state index contributed by atoms with van der Waals surface area (Å²) in [4.78, 5) is 17.6. The van der Waals surface area contributed by atoms with Crippen LogP contribution in [0.25, 0.3) is 0 Å². The van der Waals surface area contributed by atoms with E-state index in [4.69, 9.17) is 0 Å². The number of nitro groups is 1. The van der Waals surface area contributed by atoms with Crippen molar-refractivity contribution in [3.05, 3.63) is 58.2 Å². The van der Waals surface area contributed by atoms with Crippen LogP contribution in [0.15, 0.2) is 36.7 Å². The van der Waals surface area contributed by atoms with Gasteiger partial charge in [-0.3, -0.25) is 10.1 Å². The third-order valence-electron chi connectivity index (χ3n) is 2.93. The lowest BCUT2D eigenvalue weighted by atomic mass is 10.1. The molecule has 6 heteroatoms. The van der Waals surface area contributed by atoms with Gasteiger partial charge < -0.3 is 10.3 Å². The van der Waals surface area contributed by atoms with E-state index in [0.29, 0.717) is 6.54 Å². The highest BCUT2D eigenvalue weighted by Gasteiger charge is 2.11. The molecule has 1 heterocycles. The van der Waals surface area contributed by atoms with Gasteiger partial charge in [0.1, 0.15) is 5.82 Å². The minimum atomic E-state index is -0.382. The van der Waals surface area contributed by atoms with E-state index >= 15 is 0 Å². The Morgan fingerprint density at radius 3 is 3.00 bits per heavy atom. The number of nitrogens with one attached hydrogen (secondary N) is 2. The highest BCUT2D eigenvalue weighted by molar-refractivity contribution is 5.34. The van der Waals surface area contributed by atoms with Crippen LogP contribution in [0.5, 0.6) is 0 Å². The van der Waals surface area contributed by atoms with Gasteiger partial charge in [0, 0.05) is 31.1 Å². The minimum absolute atomic E-state index is 0.116. The zero-order valence-electron chi connectivity index (χ0n) is 10.7. The van der Waals surface area contributed by atoms with Crippen molar-refractivity contribution in [2.45, 2.75) is 25.9 Å². The van der Waals surface area contributed by atoms with Crippen LogP contribution in [0, 0.1) is 10.1 Å². The zero-order chi connectivity index (χ0) is 13.7. The Hall–Kier alpha value is -2.21. The van der Waals surface area contributed by atoms with Crippen molar-refractivity contribution in [2.24, 2.45) is 0 Å². The van der Waals surface area contributed by atoms with Crippen molar-refractivity contribution in [2.75, 3.05) is 0 Å². The van der Waals surface area contributed by atoms with Gasteiger partial charge >= 0.3 is 0 Å². The number of aromatic amines is 1. The molecule has 0 radical (unpaired) electrons. The van der Waals surface area contributed by atoms with Crippen molar-refractivity contribution in [3.63, 3.8) is 0 Å². The first kappa shape index (κ1) is 13.2. The van der Waals surface area contributed by atoms with Gasteiger partial charge in [0.05, 0.1) is 11.0 Å². The van der Waals surface area contributed by atoms with Crippen LogP contribution in [0.3, 0.4) is 0 Å². The molecule has 0 fully saturated rings. The first-order chi connectivity index (χ1) is 9.20. The predicted octanol–water partition coefficient (Wildman–Crippen LogP) is 2.56. The normalized spacial score (nSPS) is 12.3. The molecule has 1 unspecified atom stereocenters. The lowest BCUT2D eigenvalue weighted by Crippen LogP contribution is -2.21. The number of nitro benzene ring substituents is 1. The Bertz CT molecular complexity index is 539. The molecule has 100 valence electrons. The van der Waals surface area contributed by atoms with Crippen LogP contribution in [0.1, 0.15) is 30.8 Å². The molecule has 0 saturated heterocycles. The fourth-order valence-electron chi connectivity index (χ4n) is 1.92. The van der Waals surface area contributed by atoms with Crippen LogP contribution in [0.4, 0.5) is 5.69 Å². The Kier molecular flexibility index (Phi) is 4.25. The second-order valence-corrected chi connectivity index (χ2v) is 4.24. The van der Waals surface area contributed by atoms with E-state index < -0.39 is 0 Å². The summed E-state index contributed by atoms with van der Waals surface area (Å²) >= 11 is 0. The van der Waals surface area contributed by atoms with Crippen molar-refractivity contribution < 1.29 is 4.92 Å². The summed E-state index contributed by atoms with van der Waals surface area (Å²) in [7, 11) is 0. The lowest BCUT2D eigenvalue weighted by molar-refractivity contribution is -0.384. The van der Waals surface area contributed by atoms with Gasteiger partial charge in [0.25, 0.3) is 5.69 Å². The highest BCUT2D eigenvalue weighted by atomic mass is 16.6. The van der Waals surface area contributed by atoms with Gasteiger partial charge in [-0.05, 0) is 12.0 Å². The fourth-order valence-corrected chi connectivity index (χ4v) is 1.92. The van der Waals surface area contributed by atoms with Gasteiger partial charge in [0.2, 0.25) is 0 Å². The third-order valence-corrected chi connectivity index (χ3v) is 2.93. The standard InChI is InChI=1S/C13H16N4O2/c1-2-12(13-14-6-7-15-13)16-9-10-4-3-5-11(8-10)17(18)19/h3-8,12,16H,2,9H2,1H3,(H,14,15). The number of benzene rings is 1. The lowest BCUT2D eigenvalue weighted by Gasteiger charge is -2.14. The average molecular weight is 260 g/mol. The number of non-ortho nitro benzene ring substituents is 1. The van der Waals surface area contributed by atoms with E-state index in [1.165, 1.54) is 6.07 Å². The average Bonchev–Trinajstić information content (AvgIpc) is 2.94. The van der Waals surface area contributed by atoms with Crippen molar-refractivity contribution >= 4 is 5.69 Å². The van der Waals surface area contributed by atoms with E-state index in [1.54, 1.807) is 24.5 Å². The van der Waals surface area contributed by atoms with E-state index in [0.717, 1.165) is 17.8 Å². The molecule has 1 atom stereocenters. The van der Waals surface area contributed by atoms with Crippen molar-refractivity contribution in [3.8, 4) is 0 Å². The van der Waals surface area contributed by atoms with Gasteiger partial charge in [0.15, 0.2) is 0 Å². The second-order valence-electron chi connectivity index (χ2n) is 4.24. The van der Waals surface area contributed by atoms with Gasteiger partial charge in [-0.25, -0.2) is 4.98 Å².